The number of anilines is 1. The molecule has 140 valence electrons. The van der Waals surface area contributed by atoms with E-state index in [1.807, 2.05) is 32.0 Å². The average Bonchev–Trinajstić information content (AvgIpc) is 3.09. The van der Waals surface area contributed by atoms with E-state index in [1.165, 1.54) is 10.4 Å². The molecule has 1 aliphatic rings. The van der Waals surface area contributed by atoms with Gasteiger partial charge in [-0.15, -0.1) is 11.3 Å². The normalized spacial score (nSPS) is 18.7. The van der Waals surface area contributed by atoms with Crippen molar-refractivity contribution in [3.8, 4) is 0 Å². The maximum atomic E-state index is 12.8. The molecule has 5 nitrogen and oxygen atoms in total. The van der Waals surface area contributed by atoms with Crippen molar-refractivity contribution in [2.45, 2.75) is 38.5 Å². The lowest BCUT2D eigenvalue weighted by molar-refractivity contribution is 0.103. The molecule has 0 spiro atoms. The zero-order chi connectivity index (χ0) is 18.9. The van der Waals surface area contributed by atoms with E-state index < -0.39 is 10.0 Å². The van der Waals surface area contributed by atoms with E-state index in [0.717, 1.165) is 41.0 Å². The van der Waals surface area contributed by atoms with E-state index in [-0.39, 0.29) is 10.8 Å². The first-order valence-corrected chi connectivity index (χ1v) is 11.1. The fraction of sp³-hybridized carbons (Fsp3) is 0.421. The van der Waals surface area contributed by atoms with Crippen molar-refractivity contribution in [3.05, 3.63) is 45.6 Å². The third-order valence-electron chi connectivity index (χ3n) is 4.70. The Hall–Kier alpha value is -1.70. The Kier molecular flexibility index (Phi) is 5.50. The summed E-state index contributed by atoms with van der Waals surface area (Å²) in [5.74, 6) is 0.0846. The van der Waals surface area contributed by atoms with Crippen LogP contribution >= 0.6 is 11.3 Å². The molecule has 1 aromatic carbocycles. The van der Waals surface area contributed by atoms with Gasteiger partial charge in [0.2, 0.25) is 10.0 Å². The van der Waals surface area contributed by atoms with Crippen LogP contribution in [0.25, 0.3) is 0 Å². The van der Waals surface area contributed by atoms with Gasteiger partial charge in [0.1, 0.15) is 0 Å². The second kappa shape index (κ2) is 7.50. The lowest BCUT2D eigenvalue weighted by atomic mass is 10.0. The number of nitrogens with one attached hydrogen (secondary N) is 1. The number of nitrogens with zero attached hydrogens (tertiary/aromatic N) is 1. The molecule has 1 N–H and O–H groups in total. The van der Waals surface area contributed by atoms with Gasteiger partial charge in [-0.3, -0.25) is 4.79 Å². The molecule has 0 saturated carbocycles. The third kappa shape index (κ3) is 4.00. The number of amides is 1. The molecule has 26 heavy (non-hydrogen) atoms. The number of piperidine rings is 1. The van der Waals surface area contributed by atoms with Gasteiger partial charge in [0.25, 0.3) is 5.91 Å². The van der Waals surface area contributed by atoms with Gasteiger partial charge in [0.05, 0.1) is 9.77 Å². The number of rotatable bonds is 4. The summed E-state index contributed by atoms with van der Waals surface area (Å²) < 4.78 is 27.2. The SMILES string of the molecule is Cc1ccc(C)c(NC(=O)c2cc(S(=O)(=O)N3CCC[C@H](C)C3)cs2)c1. The standard InChI is InChI=1S/C19H24N2O3S2/c1-13-6-7-15(3)17(9-13)20-19(22)18-10-16(12-25-18)26(23,24)21-8-4-5-14(2)11-21/h6-7,9-10,12,14H,4-5,8,11H2,1-3H3,(H,20,22)/t14-/m0/s1. The van der Waals surface area contributed by atoms with Crippen molar-refractivity contribution in [3.63, 3.8) is 0 Å². The minimum atomic E-state index is -3.53. The highest BCUT2D eigenvalue weighted by atomic mass is 32.2. The molecule has 7 heteroatoms. The third-order valence-corrected chi connectivity index (χ3v) is 7.62. The first kappa shape index (κ1) is 19.1. The quantitative estimate of drug-likeness (QED) is 0.854. The Balaban J connectivity index is 1.78. The number of aryl methyl sites for hydroxylation is 2. The van der Waals surface area contributed by atoms with Crippen LogP contribution in [0.15, 0.2) is 34.5 Å². The van der Waals surface area contributed by atoms with Crippen molar-refractivity contribution in [2.75, 3.05) is 18.4 Å². The van der Waals surface area contributed by atoms with E-state index in [1.54, 1.807) is 5.38 Å². The molecule has 0 bridgehead atoms. The summed E-state index contributed by atoms with van der Waals surface area (Å²) in [5.41, 5.74) is 2.77. The van der Waals surface area contributed by atoms with Crippen LogP contribution < -0.4 is 5.32 Å². The van der Waals surface area contributed by atoms with Gasteiger partial charge in [-0.2, -0.15) is 4.31 Å². The van der Waals surface area contributed by atoms with Crippen LogP contribution in [0.2, 0.25) is 0 Å². The van der Waals surface area contributed by atoms with Crippen LogP contribution in [0, 0.1) is 19.8 Å². The van der Waals surface area contributed by atoms with E-state index in [4.69, 9.17) is 0 Å². The smallest absolute Gasteiger partial charge is 0.265 e. The highest BCUT2D eigenvalue weighted by molar-refractivity contribution is 7.89. The molecule has 1 aliphatic heterocycles. The molecule has 2 aromatic rings. The van der Waals surface area contributed by atoms with Crippen LogP contribution in [0.3, 0.4) is 0 Å². The second-order valence-corrected chi connectivity index (χ2v) is 9.88. The molecule has 0 unspecified atom stereocenters. The molecule has 2 heterocycles. The van der Waals surface area contributed by atoms with Gasteiger partial charge >= 0.3 is 0 Å². The molecule has 1 aromatic heterocycles. The van der Waals surface area contributed by atoms with Crippen molar-refractivity contribution in [2.24, 2.45) is 5.92 Å². The van der Waals surface area contributed by atoms with Crippen molar-refractivity contribution in [1.29, 1.82) is 0 Å². The summed E-state index contributed by atoms with van der Waals surface area (Å²) in [4.78, 5) is 13.1. The molecule has 1 amide bonds. The van der Waals surface area contributed by atoms with E-state index in [2.05, 4.69) is 12.2 Å². The van der Waals surface area contributed by atoms with Crippen molar-refractivity contribution >= 4 is 33.0 Å². The number of thiophene rings is 1. The van der Waals surface area contributed by atoms with Crippen molar-refractivity contribution in [1.82, 2.24) is 4.31 Å². The van der Waals surface area contributed by atoms with Gasteiger partial charge in [0.15, 0.2) is 0 Å². The Bertz CT molecular complexity index is 919. The van der Waals surface area contributed by atoms with Crippen LogP contribution in [0.1, 0.15) is 40.6 Å². The summed E-state index contributed by atoms with van der Waals surface area (Å²) in [6.45, 7) is 7.05. The maximum Gasteiger partial charge on any atom is 0.265 e. The minimum Gasteiger partial charge on any atom is -0.321 e. The molecule has 1 saturated heterocycles. The molecular formula is C19H24N2O3S2. The first-order valence-electron chi connectivity index (χ1n) is 8.74. The first-order chi connectivity index (χ1) is 12.3. The number of carbonyl (C=O) groups excluding carboxylic acids is 1. The van der Waals surface area contributed by atoms with Gasteiger partial charge < -0.3 is 5.32 Å². The highest BCUT2D eigenvalue weighted by Crippen LogP contribution is 2.27. The number of hydrogen-bond donors (Lipinski definition) is 1. The molecule has 0 radical (unpaired) electrons. The Morgan fingerprint density at radius 1 is 1.27 bits per heavy atom. The summed E-state index contributed by atoms with van der Waals surface area (Å²) in [6.07, 6.45) is 1.93. The monoisotopic (exact) mass is 392 g/mol. The molecule has 1 fully saturated rings. The second-order valence-electron chi connectivity index (χ2n) is 7.03. The number of carbonyl (C=O) groups is 1. The highest BCUT2D eigenvalue weighted by Gasteiger charge is 2.30. The molecule has 1 atom stereocenters. The fourth-order valence-corrected chi connectivity index (χ4v) is 5.90. The number of hydrogen-bond acceptors (Lipinski definition) is 4. The van der Waals surface area contributed by atoms with Crippen LogP contribution in [-0.4, -0.2) is 31.7 Å². The van der Waals surface area contributed by atoms with Gasteiger partial charge in [-0.05, 0) is 55.9 Å². The number of benzene rings is 1. The molecule has 0 aliphatic carbocycles. The fourth-order valence-electron chi connectivity index (χ4n) is 3.14. The largest absolute Gasteiger partial charge is 0.321 e. The van der Waals surface area contributed by atoms with Gasteiger partial charge in [-0.25, -0.2) is 8.42 Å². The summed E-state index contributed by atoms with van der Waals surface area (Å²) in [5, 5.41) is 4.44. The Labute approximate surface area is 159 Å². The molecule has 3 rings (SSSR count). The number of sulfonamides is 1. The zero-order valence-electron chi connectivity index (χ0n) is 15.3. The predicted octanol–water partition coefficient (Wildman–Crippen LogP) is 4.04. The Morgan fingerprint density at radius 2 is 2.04 bits per heavy atom. The topological polar surface area (TPSA) is 66.5 Å². The summed E-state index contributed by atoms with van der Waals surface area (Å²) in [7, 11) is -3.53. The summed E-state index contributed by atoms with van der Waals surface area (Å²) >= 11 is 1.16. The molecular weight excluding hydrogens is 368 g/mol. The van der Waals surface area contributed by atoms with Crippen LogP contribution in [0.4, 0.5) is 5.69 Å². The van der Waals surface area contributed by atoms with Gasteiger partial charge in [-0.1, -0.05) is 19.1 Å². The minimum absolute atomic E-state index is 0.211. The van der Waals surface area contributed by atoms with E-state index >= 15 is 0 Å². The van der Waals surface area contributed by atoms with Crippen LogP contribution in [-0.2, 0) is 10.0 Å². The lowest BCUT2D eigenvalue weighted by Gasteiger charge is -2.29. The van der Waals surface area contributed by atoms with E-state index in [9.17, 15) is 13.2 Å². The Morgan fingerprint density at radius 3 is 2.77 bits per heavy atom. The maximum absolute atomic E-state index is 12.8. The van der Waals surface area contributed by atoms with E-state index in [0.29, 0.717) is 23.9 Å². The van der Waals surface area contributed by atoms with Crippen molar-refractivity contribution < 1.29 is 13.2 Å². The zero-order valence-corrected chi connectivity index (χ0v) is 16.9. The lowest BCUT2D eigenvalue weighted by Crippen LogP contribution is -2.38. The average molecular weight is 393 g/mol. The summed E-state index contributed by atoms with van der Waals surface area (Å²) in [6, 6.07) is 7.33. The predicted molar refractivity (Wildman–Crippen MR) is 105 cm³/mol. The van der Waals surface area contributed by atoms with Crippen LogP contribution in [0.5, 0.6) is 0 Å². The van der Waals surface area contributed by atoms with Gasteiger partial charge in [0, 0.05) is 24.2 Å².